The van der Waals surface area contributed by atoms with Crippen molar-refractivity contribution in [1.82, 2.24) is 23.3 Å². The van der Waals surface area contributed by atoms with Crippen molar-refractivity contribution < 1.29 is 13.2 Å². The lowest BCUT2D eigenvalue weighted by atomic mass is 10.1. The largest absolute Gasteiger partial charge is 0.336 e. The van der Waals surface area contributed by atoms with Gasteiger partial charge in [-0.05, 0) is 38.3 Å². The zero-order valence-electron chi connectivity index (χ0n) is 17.6. The van der Waals surface area contributed by atoms with Crippen LogP contribution in [0, 0.1) is 6.92 Å². The van der Waals surface area contributed by atoms with E-state index in [-0.39, 0.29) is 5.91 Å². The summed E-state index contributed by atoms with van der Waals surface area (Å²) in [5.74, 6) is -0.0802. The molecule has 0 aliphatic carbocycles. The summed E-state index contributed by atoms with van der Waals surface area (Å²) in [4.78, 5) is 14.9. The van der Waals surface area contributed by atoms with E-state index in [9.17, 15) is 13.2 Å². The van der Waals surface area contributed by atoms with Gasteiger partial charge in [0.1, 0.15) is 0 Å². The highest BCUT2D eigenvalue weighted by Crippen LogP contribution is 2.21. The molecule has 0 bridgehead atoms. The van der Waals surface area contributed by atoms with Crippen LogP contribution < -0.4 is 0 Å². The normalized spacial score (nSPS) is 18.8. The van der Waals surface area contributed by atoms with E-state index in [4.69, 9.17) is 0 Å². The quantitative estimate of drug-likeness (QED) is 0.724. The van der Waals surface area contributed by atoms with Gasteiger partial charge in [-0.2, -0.15) is 22.1 Å². The number of nitrogens with zero attached hydrogens (tertiary/aromatic N) is 5. The van der Waals surface area contributed by atoms with Gasteiger partial charge in [-0.15, -0.1) is 0 Å². The Morgan fingerprint density at radius 3 is 2.17 bits per heavy atom. The van der Waals surface area contributed by atoms with Crippen molar-refractivity contribution in [1.29, 1.82) is 0 Å². The van der Waals surface area contributed by atoms with Crippen LogP contribution in [0.1, 0.15) is 41.4 Å². The summed E-state index contributed by atoms with van der Waals surface area (Å²) in [6, 6.07) is 8.05. The fourth-order valence-electron chi connectivity index (χ4n) is 4.18. The van der Waals surface area contributed by atoms with Crippen LogP contribution in [0.2, 0.25) is 0 Å². The average molecular weight is 432 g/mol. The van der Waals surface area contributed by atoms with Gasteiger partial charge < -0.3 is 4.90 Å². The second-order valence-electron chi connectivity index (χ2n) is 7.91. The number of hydrogen-bond donors (Lipinski definition) is 0. The van der Waals surface area contributed by atoms with Crippen LogP contribution in [0.4, 0.5) is 0 Å². The van der Waals surface area contributed by atoms with E-state index in [1.165, 1.54) is 9.87 Å². The van der Waals surface area contributed by atoms with Crippen molar-refractivity contribution in [2.45, 2.75) is 33.1 Å². The molecule has 1 aromatic heterocycles. The summed E-state index contributed by atoms with van der Waals surface area (Å²) in [6.45, 7) is 6.69. The zero-order chi connectivity index (χ0) is 21.3. The second kappa shape index (κ2) is 8.49. The molecule has 2 aliphatic heterocycles. The van der Waals surface area contributed by atoms with Gasteiger partial charge in [-0.3, -0.25) is 4.79 Å². The maximum absolute atomic E-state index is 13.2. The third kappa shape index (κ3) is 3.89. The lowest BCUT2D eigenvalue weighted by molar-refractivity contribution is 0.0693. The molecule has 8 nitrogen and oxygen atoms in total. The van der Waals surface area contributed by atoms with Crippen LogP contribution in [-0.2, 0) is 16.6 Å². The van der Waals surface area contributed by atoms with Crippen molar-refractivity contribution in [2.75, 3.05) is 39.3 Å². The van der Waals surface area contributed by atoms with Gasteiger partial charge in [-0.25, -0.2) is 4.68 Å². The summed E-state index contributed by atoms with van der Waals surface area (Å²) in [6.07, 6.45) is 4.15. The fourth-order valence-corrected chi connectivity index (χ4v) is 5.85. The molecule has 4 rings (SSSR count). The number of benzene rings is 1. The number of carbonyl (C=O) groups excluding carboxylic acids is 1. The third-order valence-electron chi connectivity index (χ3n) is 5.96. The van der Waals surface area contributed by atoms with E-state index in [1.807, 2.05) is 42.8 Å². The highest BCUT2D eigenvalue weighted by Gasteiger charge is 2.35. The summed E-state index contributed by atoms with van der Waals surface area (Å²) >= 11 is 0. The van der Waals surface area contributed by atoms with E-state index in [0.29, 0.717) is 51.3 Å². The van der Waals surface area contributed by atoms with Gasteiger partial charge >= 0.3 is 0 Å². The van der Waals surface area contributed by atoms with E-state index >= 15 is 0 Å². The van der Waals surface area contributed by atoms with Crippen LogP contribution in [0.15, 0.2) is 30.5 Å². The van der Waals surface area contributed by atoms with Crippen LogP contribution in [0.25, 0.3) is 5.69 Å². The van der Waals surface area contributed by atoms with E-state index in [0.717, 1.165) is 24.2 Å². The predicted octanol–water partition coefficient (Wildman–Crippen LogP) is 1.84. The molecule has 0 spiro atoms. The molecule has 1 amide bonds. The molecule has 0 unspecified atom stereocenters. The first-order valence-electron chi connectivity index (χ1n) is 10.6. The van der Waals surface area contributed by atoms with Gasteiger partial charge in [0.05, 0.1) is 23.1 Å². The number of aromatic nitrogens is 2. The third-order valence-corrected chi connectivity index (χ3v) is 7.99. The van der Waals surface area contributed by atoms with Crippen LogP contribution in [0.3, 0.4) is 0 Å². The predicted molar refractivity (Wildman–Crippen MR) is 115 cm³/mol. The number of rotatable bonds is 5. The Kier molecular flexibility index (Phi) is 5.95. The van der Waals surface area contributed by atoms with Crippen LogP contribution >= 0.6 is 0 Å². The van der Waals surface area contributed by atoms with Gasteiger partial charge in [-0.1, -0.05) is 24.6 Å². The lowest BCUT2D eigenvalue weighted by Gasteiger charge is -2.35. The molecule has 0 radical (unpaired) electrons. The summed E-state index contributed by atoms with van der Waals surface area (Å²) in [7, 11) is -3.41. The van der Waals surface area contributed by atoms with E-state index < -0.39 is 10.2 Å². The molecule has 0 N–H and O–H groups in total. The minimum atomic E-state index is -3.41. The van der Waals surface area contributed by atoms with E-state index in [2.05, 4.69) is 5.10 Å². The average Bonchev–Trinajstić information content (AvgIpc) is 3.44. The molecule has 0 atom stereocenters. The van der Waals surface area contributed by atoms with Gasteiger partial charge in [0.2, 0.25) is 0 Å². The smallest absolute Gasteiger partial charge is 0.282 e. The minimum absolute atomic E-state index is 0.0802. The standard InChI is InChI=1S/C21H29N5O3S/c1-3-20-19(16-22-26(20)18-8-6-17(2)7-9-18)21(27)23-12-14-25(15-13-23)30(28,29)24-10-4-5-11-24/h6-9,16H,3-5,10-15H2,1-2H3. The molecular weight excluding hydrogens is 402 g/mol. The number of piperazine rings is 1. The Balaban J connectivity index is 1.47. The first-order valence-corrected chi connectivity index (χ1v) is 12.0. The number of carbonyl (C=O) groups is 1. The minimum Gasteiger partial charge on any atom is -0.336 e. The van der Waals surface area contributed by atoms with Crippen LogP contribution in [-0.4, -0.2) is 76.9 Å². The first kappa shape index (κ1) is 21.0. The van der Waals surface area contributed by atoms with Crippen molar-refractivity contribution >= 4 is 16.1 Å². The number of aryl methyl sites for hydroxylation is 1. The maximum atomic E-state index is 13.2. The molecule has 30 heavy (non-hydrogen) atoms. The van der Waals surface area contributed by atoms with Crippen molar-refractivity contribution in [3.05, 3.63) is 47.3 Å². The molecule has 2 fully saturated rings. The Morgan fingerprint density at radius 2 is 1.57 bits per heavy atom. The summed E-state index contributed by atoms with van der Waals surface area (Å²) < 4.78 is 30.4. The molecule has 1 aromatic carbocycles. The van der Waals surface area contributed by atoms with Crippen molar-refractivity contribution in [3.8, 4) is 5.69 Å². The maximum Gasteiger partial charge on any atom is 0.282 e. The zero-order valence-corrected chi connectivity index (χ0v) is 18.4. The Labute approximate surface area is 178 Å². The fraction of sp³-hybridized carbons (Fsp3) is 0.524. The Hall–Kier alpha value is -2.23. The Morgan fingerprint density at radius 1 is 0.967 bits per heavy atom. The molecular formula is C21H29N5O3S. The van der Waals surface area contributed by atoms with Crippen LogP contribution in [0.5, 0.6) is 0 Å². The molecule has 0 saturated carbocycles. The molecule has 2 aromatic rings. The number of amides is 1. The topological polar surface area (TPSA) is 78.8 Å². The van der Waals surface area contributed by atoms with Gasteiger partial charge in [0.15, 0.2) is 0 Å². The first-order chi connectivity index (χ1) is 14.4. The highest BCUT2D eigenvalue weighted by molar-refractivity contribution is 7.86. The molecule has 2 saturated heterocycles. The number of hydrogen-bond acceptors (Lipinski definition) is 4. The molecule has 3 heterocycles. The van der Waals surface area contributed by atoms with Crippen molar-refractivity contribution in [2.24, 2.45) is 0 Å². The Bertz CT molecular complexity index is 1000. The monoisotopic (exact) mass is 431 g/mol. The summed E-state index contributed by atoms with van der Waals surface area (Å²) in [5.41, 5.74) is 3.56. The molecule has 2 aliphatic rings. The van der Waals surface area contributed by atoms with Gasteiger partial charge in [0.25, 0.3) is 16.1 Å². The van der Waals surface area contributed by atoms with Crippen molar-refractivity contribution in [3.63, 3.8) is 0 Å². The lowest BCUT2D eigenvalue weighted by Crippen LogP contribution is -2.53. The highest BCUT2D eigenvalue weighted by atomic mass is 32.2. The summed E-state index contributed by atoms with van der Waals surface area (Å²) in [5, 5.41) is 4.47. The molecule has 162 valence electrons. The van der Waals surface area contributed by atoms with E-state index in [1.54, 1.807) is 15.4 Å². The van der Waals surface area contributed by atoms with Gasteiger partial charge in [0, 0.05) is 39.3 Å². The SMILES string of the molecule is CCc1c(C(=O)N2CCN(S(=O)(=O)N3CCCC3)CC2)cnn1-c1ccc(C)cc1. The molecule has 9 heteroatoms. The second-order valence-corrected chi connectivity index (χ2v) is 9.84.